The molecule has 18 heavy (non-hydrogen) atoms. The number of carboxylic acid groups (broad SMARTS) is 1. The number of carboxylic acids is 1. The summed E-state index contributed by atoms with van der Waals surface area (Å²) in [4.78, 5) is 26.7. The molecule has 1 atom stereocenters. The van der Waals surface area contributed by atoms with Crippen LogP contribution in [0.25, 0.3) is 10.4 Å². The van der Waals surface area contributed by atoms with Crippen molar-refractivity contribution in [3.8, 4) is 0 Å². The van der Waals surface area contributed by atoms with E-state index in [1.165, 1.54) is 4.90 Å². The molecule has 2 rings (SSSR count). The van der Waals surface area contributed by atoms with Gasteiger partial charge in [-0.1, -0.05) is 5.11 Å². The van der Waals surface area contributed by atoms with Crippen LogP contribution < -0.4 is 4.90 Å². The predicted octanol–water partition coefficient (Wildman–Crippen LogP) is 0.771. The fourth-order valence-electron chi connectivity index (χ4n) is 1.91. The molecule has 0 saturated carbocycles. The zero-order valence-corrected chi connectivity index (χ0v) is 9.28. The maximum atomic E-state index is 11.8. The number of anilines is 1. The van der Waals surface area contributed by atoms with Crippen molar-refractivity contribution in [1.82, 2.24) is 10.2 Å². The van der Waals surface area contributed by atoms with Gasteiger partial charge in [0.15, 0.2) is 0 Å². The van der Waals surface area contributed by atoms with Crippen molar-refractivity contribution in [2.75, 3.05) is 18.0 Å². The van der Waals surface area contributed by atoms with Crippen molar-refractivity contribution in [3.05, 3.63) is 22.2 Å². The van der Waals surface area contributed by atoms with Crippen LogP contribution >= 0.6 is 0 Å². The molecule has 1 aromatic rings. The molecule has 1 amide bonds. The van der Waals surface area contributed by atoms with Gasteiger partial charge >= 0.3 is 5.97 Å². The molecule has 0 aliphatic carbocycles. The highest BCUT2D eigenvalue weighted by Gasteiger charge is 2.33. The van der Waals surface area contributed by atoms with E-state index in [1.807, 2.05) is 0 Å². The van der Waals surface area contributed by atoms with Crippen LogP contribution in [0.2, 0.25) is 0 Å². The highest BCUT2D eigenvalue weighted by molar-refractivity contribution is 6.01. The monoisotopic (exact) mass is 250 g/mol. The van der Waals surface area contributed by atoms with Gasteiger partial charge in [0.1, 0.15) is 11.4 Å². The second-order valence-corrected chi connectivity index (χ2v) is 3.93. The molecule has 1 unspecified atom stereocenters. The molecular weight excluding hydrogens is 240 g/mol. The fourth-order valence-corrected chi connectivity index (χ4v) is 1.91. The summed E-state index contributed by atoms with van der Waals surface area (Å²) in [6.07, 6.45) is 1.39. The molecule has 1 aliphatic rings. The van der Waals surface area contributed by atoms with Crippen molar-refractivity contribution in [1.29, 1.82) is 0 Å². The number of amides is 1. The first kappa shape index (κ1) is 11.9. The topological polar surface area (TPSA) is 135 Å². The Morgan fingerprint density at radius 1 is 1.78 bits per heavy atom. The highest BCUT2D eigenvalue weighted by atomic mass is 16.4. The largest absolute Gasteiger partial charge is 0.477 e. The fraction of sp³-hybridized carbons (Fsp3) is 0.444. The molecule has 0 bridgehead atoms. The number of aromatic amines is 1. The van der Waals surface area contributed by atoms with E-state index in [2.05, 4.69) is 20.2 Å². The van der Waals surface area contributed by atoms with Gasteiger partial charge in [-0.25, -0.2) is 4.79 Å². The number of carbonyl (C=O) groups excluding carboxylic acids is 1. The summed E-state index contributed by atoms with van der Waals surface area (Å²) in [5.74, 6) is -1.28. The zero-order chi connectivity index (χ0) is 13.1. The van der Waals surface area contributed by atoms with Crippen LogP contribution in [0, 0.1) is 5.92 Å². The van der Waals surface area contributed by atoms with Crippen molar-refractivity contribution >= 4 is 17.7 Å². The lowest BCUT2D eigenvalue weighted by Crippen LogP contribution is -2.26. The van der Waals surface area contributed by atoms with E-state index in [9.17, 15) is 9.59 Å². The molecule has 2 N–H and O–H groups in total. The summed E-state index contributed by atoms with van der Waals surface area (Å²) in [6.45, 7) is 0.537. The van der Waals surface area contributed by atoms with Gasteiger partial charge in [0, 0.05) is 24.4 Å². The predicted molar refractivity (Wildman–Crippen MR) is 60.0 cm³/mol. The lowest BCUT2D eigenvalue weighted by Gasteiger charge is -2.14. The zero-order valence-electron chi connectivity index (χ0n) is 9.28. The van der Waals surface area contributed by atoms with Gasteiger partial charge in [-0.15, -0.1) is 0 Å². The van der Waals surface area contributed by atoms with Crippen LogP contribution in [0.15, 0.2) is 11.3 Å². The molecule has 9 heteroatoms. The number of H-pyrrole nitrogens is 1. The molecule has 9 nitrogen and oxygen atoms in total. The van der Waals surface area contributed by atoms with Crippen molar-refractivity contribution < 1.29 is 14.7 Å². The normalized spacial score (nSPS) is 18.8. The first-order chi connectivity index (χ1) is 8.63. The number of azide groups is 1. The summed E-state index contributed by atoms with van der Waals surface area (Å²) in [6, 6.07) is 0. The Labute approximate surface area is 101 Å². The third-order valence-corrected chi connectivity index (χ3v) is 2.73. The van der Waals surface area contributed by atoms with E-state index >= 15 is 0 Å². The van der Waals surface area contributed by atoms with Crippen LogP contribution in [-0.4, -0.2) is 40.3 Å². The first-order valence-electron chi connectivity index (χ1n) is 5.21. The average Bonchev–Trinajstić information content (AvgIpc) is 2.92. The van der Waals surface area contributed by atoms with Gasteiger partial charge in [-0.2, -0.15) is 5.10 Å². The Kier molecular flexibility index (Phi) is 3.16. The summed E-state index contributed by atoms with van der Waals surface area (Å²) < 4.78 is 0. The maximum Gasteiger partial charge on any atom is 0.341 e. The second kappa shape index (κ2) is 4.76. The lowest BCUT2D eigenvalue weighted by atomic mass is 10.1. The van der Waals surface area contributed by atoms with Gasteiger partial charge in [0.25, 0.3) is 0 Å². The summed E-state index contributed by atoms with van der Waals surface area (Å²) in [5.41, 5.74) is 8.18. The molecule has 1 aromatic heterocycles. The van der Waals surface area contributed by atoms with Crippen LogP contribution in [0.3, 0.4) is 0 Å². The van der Waals surface area contributed by atoms with Gasteiger partial charge in [0.05, 0.1) is 6.20 Å². The molecular formula is C9H10N6O3. The minimum absolute atomic E-state index is 0.0483. The van der Waals surface area contributed by atoms with Crippen LogP contribution in [-0.2, 0) is 4.79 Å². The second-order valence-electron chi connectivity index (χ2n) is 3.93. The summed E-state index contributed by atoms with van der Waals surface area (Å²) >= 11 is 0. The quantitative estimate of drug-likeness (QED) is 0.463. The number of rotatable bonds is 4. The number of aromatic nitrogens is 2. The SMILES string of the molecule is [N-]=[N+]=NCC1CC(=O)N(c2[nH]ncc2C(=O)O)C1. The highest BCUT2D eigenvalue weighted by Crippen LogP contribution is 2.26. The average molecular weight is 250 g/mol. The number of carbonyl (C=O) groups is 2. The third-order valence-electron chi connectivity index (χ3n) is 2.73. The number of nitrogens with zero attached hydrogens (tertiary/aromatic N) is 5. The maximum absolute atomic E-state index is 11.8. The Morgan fingerprint density at radius 2 is 2.56 bits per heavy atom. The van der Waals surface area contributed by atoms with E-state index in [0.29, 0.717) is 6.54 Å². The van der Waals surface area contributed by atoms with E-state index in [1.54, 1.807) is 0 Å². The Hall–Kier alpha value is -2.54. The van der Waals surface area contributed by atoms with Gasteiger partial charge in [-0.3, -0.25) is 14.8 Å². The van der Waals surface area contributed by atoms with Crippen LogP contribution in [0.5, 0.6) is 0 Å². The molecule has 0 spiro atoms. The van der Waals surface area contributed by atoms with E-state index in [0.717, 1.165) is 6.20 Å². The molecule has 0 radical (unpaired) electrons. The number of hydrogen-bond donors (Lipinski definition) is 2. The van der Waals surface area contributed by atoms with Crippen LogP contribution in [0.1, 0.15) is 16.8 Å². The molecule has 1 saturated heterocycles. The van der Waals surface area contributed by atoms with Crippen molar-refractivity contribution in [2.45, 2.75) is 6.42 Å². The minimum Gasteiger partial charge on any atom is -0.477 e. The van der Waals surface area contributed by atoms with E-state index in [-0.39, 0.29) is 36.2 Å². The molecule has 1 fully saturated rings. The first-order valence-corrected chi connectivity index (χ1v) is 5.21. The van der Waals surface area contributed by atoms with E-state index < -0.39 is 5.97 Å². The van der Waals surface area contributed by atoms with Gasteiger partial charge in [-0.05, 0) is 11.4 Å². The molecule has 0 aromatic carbocycles. The van der Waals surface area contributed by atoms with Gasteiger partial charge in [0.2, 0.25) is 5.91 Å². The Balaban J connectivity index is 2.19. The summed E-state index contributed by atoms with van der Waals surface area (Å²) in [7, 11) is 0. The summed E-state index contributed by atoms with van der Waals surface area (Å²) in [5, 5.41) is 18.5. The molecule has 1 aliphatic heterocycles. The Morgan fingerprint density at radius 3 is 3.22 bits per heavy atom. The smallest absolute Gasteiger partial charge is 0.341 e. The third kappa shape index (κ3) is 2.11. The number of nitrogens with one attached hydrogen (secondary N) is 1. The van der Waals surface area contributed by atoms with Gasteiger partial charge < -0.3 is 5.11 Å². The minimum atomic E-state index is -1.15. The van der Waals surface area contributed by atoms with Crippen LogP contribution in [0.4, 0.5) is 5.82 Å². The lowest BCUT2D eigenvalue weighted by molar-refractivity contribution is -0.117. The van der Waals surface area contributed by atoms with E-state index in [4.69, 9.17) is 10.6 Å². The number of hydrogen-bond acceptors (Lipinski definition) is 4. The Bertz CT molecular complexity index is 532. The van der Waals surface area contributed by atoms with Crippen molar-refractivity contribution in [3.63, 3.8) is 0 Å². The number of aromatic carboxylic acids is 1. The molecule has 94 valence electrons. The standard InChI is InChI=1S/C9H10N6O3/c10-14-12-2-5-1-7(16)15(4-5)8-6(9(17)18)3-11-13-8/h3,5H,1-2,4H2,(H,11,13)(H,17,18). The molecule has 2 heterocycles. The van der Waals surface area contributed by atoms with Crippen molar-refractivity contribution in [2.24, 2.45) is 11.0 Å².